The molecule has 1 aromatic rings. The van der Waals surface area contributed by atoms with Gasteiger partial charge >= 0.3 is 0 Å². The summed E-state index contributed by atoms with van der Waals surface area (Å²) >= 11 is 5.98. The number of hydrogen-bond acceptors (Lipinski definition) is 3. The first-order chi connectivity index (χ1) is 9.19. The molecule has 4 heteroatoms. The van der Waals surface area contributed by atoms with Gasteiger partial charge in [0.15, 0.2) is 0 Å². The van der Waals surface area contributed by atoms with Crippen molar-refractivity contribution in [1.29, 1.82) is 0 Å². The minimum atomic E-state index is 0.346. The number of piperidine rings is 1. The van der Waals surface area contributed by atoms with Gasteiger partial charge in [0, 0.05) is 17.1 Å². The third kappa shape index (κ3) is 4.37. The minimum absolute atomic E-state index is 0.346. The molecule has 1 aliphatic heterocycles. The molecule has 2 rings (SSSR count). The predicted octanol–water partition coefficient (Wildman–Crippen LogP) is 2.87. The highest BCUT2D eigenvalue weighted by Crippen LogP contribution is 2.25. The molecule has 1 fully saturated rings. The van der Waals surface area contributed by atoms with E-state index in [1.807, 2.05) is 6.07 Å². The monoisotopic (exact) mass is 282 g/mol. The molecular weight excluding hydrogens is 260 g/mol. The lowest BCUT2D eigenvalue weighted by atomic mass is 9.96. The maximum atomic E-state index is 9.84. The number of benzene rings is 1. The van der Waals surface area contributed by atoms with Crippen LogP contribution in [0.1, 0.15) is 25.3 Å². The lowest BCUT2D eigenvalue weighted by molar-refractivity contribution is 0.174. The molecule has 0 amide bonds. The van der Waals surface area contributed by atoms with Crippen molar-refractivity contribution in [2.24, 2.45) is 5.92 Å². The van der Waals surface area contributed by atoms with E-state index >= 15 is 0 Å². The van der Waals surface area contributed by atoms with Crippen LogP contribution in [0.4, 0.5) is 0 Å². The van der Waals surface area contributed by atoms with Crippen molar-refractivity contribution in [1.82, 2.24) is 10.2 Å². The zero-order valence-electron chi connectivity index (χ0n) is 11.5. The van der Waals surface area contributed by atoms with Crippen LogP contribution >= 0.6 is 11.6 Å². The topological polar surface area (TPSA) is 35.5 Å². The summed E-state index contributed by atoms with van der Waals surface area (Å²) in [6.45, 7) is 7.32. The standard InChI is InChI=1S/C15H23ClN2O/c1-2-17-10-12-5-7-18(8-6-12)11-13-9-14(16)3-4-15(13)19/h3-4,9,12,17,19H,2,5-8,10-11H2,1H3. The van der Waals surface area contributed by atoms with Crippen molar-refractivity contribution in [3.8, 4) is 5.75 Å². The Balaban J connectivity index is 1.83. The lowest BCUT2D eigenvalue weighted by Crippen LogP contribution is -2.36. The molecule has 1 aromatic carbocycles. The van der Waals surface area contributed by atoms with Gasteiger partial charge in [-0.15, -0.1) is 0 Å². The largest absolute Gasteiger partial charge is 0.508 e. The quantitative estimate of drug-likeness (QED) is 0.872. The highest BCUT2D eigenvalue weighted by Gasteiger charge is 2.19. The zero-order chi connectivity index (χ0) is 13.7. The summed E-state index contributed by atoms with van der Waals surface area (Å²) < 4.78 is 0. The van der Waals surface area contributed by atoms with Crippen LogP contribution in [-0.4, -0.2) is 36.2 Å². The van der Waals surface area contributed by atoms with Gasteiger partial charge in [0.25, 0.3) is 0 Å². The van der Waals surface area contributed by atoms with Crippen molar-refractivity contribution >= 4 is 11.6 Å². The molecule has 0 radical (unpaired) electrons. The molecular formula is C15H23ClN2O. The smallest absolute Gasteiger partial charge is 0.120 e. The molecule has 0 spiro atoms. The summed E-state index contributed by atoms with van der Waals surface area (Å²) in [5.74, 6) is 1.14. The maximum absolute atomic E-state index is 9.84. The Labute approximate surface area is 120 Å². The SMILES string of the molecule is CCNCC1CCN(Cc2cc(Cl)ccc2O)CC1. The summed E-state index contributed by atoms with van der Waals surface area (Å²) in [6, 6.07) is 5.26. The lowest BCUT2D eigenvalue weighted by Gasteiger charge is -2.32. The van der Waals surface area contributed by atoms with E-state index in [0.717, 1.165) is 44.2 Å². The first-order valence-corrected chi connectivity index (χ1v) is 7.47. The van der Waals surface area contributed by atoms with Gasteiger partial charge in [-0.3, -0.25) is 4.90 Å². The van der Waals surface area contributed by atoms with E-state index in [9.17, 15) is 5.11 Å². The third-order valence-corrected chi connectivity index (χ3v) is 4.06. The van der Waals surface area contributed by atoms with Crippen LogP contribution in [0.3, 0.4) is 0 Å². The van der Waals surface area contributed by atoms with Gasteiger partial charge in [0.05, 0.1) is 0 Å². The normalized spacial score (nSPS) is 17.8. The van der Waals surface area contributed by atoms with Crippen LogP contribution in [0, 0.1) is 5.92 Å². The second-order valence-corrected chi connectivity index (χ2v) is 5.74. The van der Waals surface area contributed by atoms with Gasteiger partial charge in [0.2, 0.25) is 0 Å². The molecule has 0 aliphatic carbocycles. The van der Waals surface area contributed by atoms with Gasteiger partial charge in [-0.1, -0.05) is 18.5 Å². The number of aromatic hydroxyl groups is 1. The number of likely N-dealkylation sites (tertiary alicyclic amines) is 1. The number of phenols is 1. The van der Waals surface area contributed by atoms with E-state index in [1.165, 1.54) is 12.8 Å². The molecule has 1 saturated heterocycles. The van der Waals surface area contributed by atoms with Crippen LogP contribution < -0.4 is 5.32 Å². The Bertz CT molecular complexity index is 403. The number of hydrogen-bond donors (Lipinski definition) is 2. The molecule has 106 valence electrons. The molecule has 2 N–H and O–H groups in total. The van der Waals surface area contributed by atoms with Gasteiger partial charge < -0.3 is 10.4 Å². The van der Waals surface area contributed by atoms with Crippen LogP contribution in [0.5, 0.6) is 5.75 Å². The minimum Gasteiger partial charge on any atom is -0.508 e. The number of nitrogens with one attached hydrogen (secondary N) is 1. The average molecular weight is 283 g/mol. The molecule has 0 aromatic heterocycles. The first kappa shape index (κ1) is 14.6. The van der Waals surface area contributed by atoms with Crippen molar-refractivity contribution in [2.75, 3.05) is 26.2 Å². The second kappa shape index (κ2) is 7.13. The van der Waals surface area contributed by atoms with Gasteiger partial charge in [-0.25, -0.2) is 0 Å². The Morgan fingerprint density at radius 1 is 1.37 bits per heavy atom. The van der Waals surface area contributed by atoms with E-state index in [0.29, 0.717) is 10.8 Å². The summed E-state index contributed by atoms with van der Waals surface area (Å²) in [7, 11) is 0. The van der Waals surface area contributed by atoms with Crippen LogP contribution in [-0.2, 0) is 6.54 Å². The fraction of sp³-hybridized carbons (Fsp3) is 0.600. The second-order valence-electron chi connectivity index (χ2n) is 5.30. The summed E-state index contributed by atoms with van der Waals surface area (Å²) in [5, 5.41) is 14.0. The summed E-state index contributed by atoms with van der Waals surface area (Å²) in [5.41, 5.74) is 0.928. The molecule has 3 nitrogen and oxygen atoms in total. The third-order valence-electron chi connectivity index (χ3n) is 3.83. The van der Waals surface area contributed by atoms with Crippen LogP contribution in [0.15, 0.2) is 18.2 Å². The van der Waals surface area contributed by atoms with E-state index < -0.39 is 0 Å². The zero-order valence-corrected chi connectivity index (χ0v) is 12.3. The summed E-state index contributed by atoms with van der Waals surface area (Å²) in [6.07, 6.45) is 2.46. The summed E-state index contributed by atoms with van der Waals surface area (Å²) in [4.78, 5) is 2.40. The highest BCUT2D eigenvalue weighted by atomic mass is 35.5. The molecule has 19 heavy (non-hydrogen) atoms. The van der Waals surface area contributed by atoms with E-state index in [-0.39, 0.29) is 0 Å². The van der Waals surface area contributed by atoms with Crippen molar-refractivity contribution in [3.63, 3.8) is 0 Å². The van der Waals surface area contributed by atoms with E-state index in [2.05, 4.69) is 17.1 Å². The predicted molar refractivity (Wildman–Crippen MR) is 79.7 cm³/mol. The van der Waals surface area contributed by atoms with E-state index in [1.54, 1.807) is 12.1 Å². The maximum Gasteiger partial charge on any atom is 0.120 e. The Morgan fingerprint density at radius 3 is 2.79 bits per heavy atom. The molecule has 0 bridgehead atoms. The van der Waals surface area contributed by atoms with Gasteiger partial charge in [-0.05, 0) is 63.1 Å². The van der Waals surface area contributed by atoms with Gasteiger partial charge in [0.1, 0.15) is 5.75 Å². The number of nitrogens with zero attached hydrogens (tertiary/aromatic N) is 1. The number of halogens is 1. The highest BCUT2D eigenvalue weighted by molar-refractivity contribution is 6.30. The van der Waals surface area contributed by atoms with Crippen molar-refractivity contribution in [2.45, 2.75) is 26.3 Å². The molecule has 0 saturated carbocycles. The number of phenolic OH excluding ortho intramolecular Hbond substituents is 1. The fourth-order valence-corrected chi connectivity index (χ4v) is 2.81. The Morgan fingerprint density at radius 2 is 2.11 bits per heavy atom. The Kier molecular flexibility index (Phi) is 5.49. The molecule has 0 atom stereocenters. The van der Waals surface area contributed by atoms with Crippen LogP contribution in [0.25, 0.3) is 0 Å². The Hall–Kier alpha value is -0.770. The molecule has 1 heterocycles. The number of rotatable bonds is 5. The van der Waals surface area contributed by atoms with Gasteiger partial charge in [-0.2, -0.15) is 0 Å². The fourth-order valence-electron chi connectivity index (χ4n) is 2.62. The van der Waals surface area contributed by atoms with E-state index in [4.69, 9.17) is 11.6 Å². The molecule has 1 aliphatic rings. The first-order valence-electron chi connectivity index (χ1n) is 7.09. The van der Waals surface area contributed by atoms with Crippen LogP contribution in [0.2, 0.25) is 5.02 Å². The molecule has 0 unspecified atom stereocenters. The average Bonchev–Trinajstić information content (AvgIpc) is 2.42. The van der Waals surface area contributed by atoms with Crippen molar-refractivity contribution < 1.29 is 5.11 Å². The van der Waals surface area contributed by atoms with Crippen molar-refractivity contribution in [3.05, 3.63) is 28.8 Å².